The summed E-state index contributed by atoms with van der Waals surface area (Å²) < 4.78 is 5.15. The molecule has 0 spiro atoms. The van der Waals surface area contributed by atoms with Gasteiger partial charge in [-0.05, 0) is 12.8 Å². The normalized spacial score (nSPS) is 10.0. The van der Waals surface area contributed by atoms with E-state index < -0.39 is 0 Å². The lowest BCUT2D eigenvalue weighted by Crippen LogP contribution is -1.98. The van der Waals surface area contributed by atoms with Crippen LogP contribution in [0.5, 0.6) is 0 Å². The van der Waals surface area contributed by atoms with Crippen LogP contribution < -0.4 is 0 Å². The van der Waals surface area contributed by atoms with E-state index in [2.05, 4.69) is 6.92 Å². The molecule has 0 saturated heterocycles. The van der Waals surface area contributed by atoms with E-state index in [9.17, 15) is 0 Å². The third-order valence-electron chi connectivity index (χ3n) is 1.09. The fourth-order valence-electron chi connectivity index (χ4n) is 0.515. The minimum absolute atomic E-state index is 0.242. The van der Waals surface area contributed by atoms with Crippen molar-refractivity contribution in [2.75, 3.05) is 19.8 Å². The Morgan fingerprint density at radius 3 is 2.44 bits per heavy atom. The minimum atomic E-state index is 0.242. The van der Waals surface area contributed by atoms with E-state index in [0.717, 1.165) is 19.4 Å². The zero-order chi connectivity index (χ0) is 6.95. The molecule has 0 rings (SSSR count). The van der Waals surface area contributed by atoms with Crippen molar-refractivity contribution in [2.24, 2.45) is 0 Å². The molecule has 56 valence electrons. The van der Waals surface area contributed by atoms with Gasteiger partial charge in [0, 0.05) is 19.8 Å². The van der Waals surface area contributed by atoms with Gasteiger partial charge in [0.25, 0.3) is 0 Å². The molecule has 0 aromatic heterocycles. The monoisotopic (exact) mass is 132 g/mol. The summed E-state index contributed by atoms with van der Waals surface area (Å²) in [4.78, 5) is 0. The standard InChI is InChI=1S/C7H16O2/c1-2-3-6-9-7-4-5-8/h8H,2-7H2,1H3. The molecule has 0 aliphatic heterocycles. The zero-order valence-electron chi connectivity index (χ0n) is 6.10. The summed E-state index contributed by atoms with van der Waals surface area (Å²) in [6.07, 6.45) is 3.08. The lowest BCUT2D eigenvalue weighted by atomic mass is 10.4. The van der Waals surface area contributed by atoms with Crippen molar-refractivity contribution in [2.45, 2.75) is 26.2 Å². The first-order valence-corrected chi connectivity index (χ1v) is 3.60. The summed E-state index contributed by atoms with van der Waals surface area (Å²) in [5.41, 5.74) is 0. The average molecular weight is 132 g/mol. The van der Waals surface area contributed by atoms with E-state index in [4.69, 9.17) is 9.84 Å². The fraction of sp³-hybridized carbons (Fsp3) is 1.00. The van der Waals surface area contributed by atoms with Crippen LogP contribution in [0.3, 0.4) is 0 Å². The second-order valence-electron chi connectivity index (χ2n) is 2.04. The van der Waals surface area contributed by atoms with Crippen molar-refractivity contribution >= 4 is 0 Å². The number of ether oxygens (including phenoxy) is 1. The summed E-state index contributed by atoms with van der Waals surface area (Å²) in [6.45, 7) is 3.93. The van der Waals surface area contributed by atoms with Crippen molar-refractivity contribution in [3.05, 3.63) is 0 Å². The summed E-state index contributed by atoms with van der Waals surface area (Å²) >= 11 is 0. The van der Waals surface area contributed by atoms with Gasteiger partial charge >= 0.3 is 0 Å². The molecule has 0 unspecified atom stereocenters. The van der Waals surface area contributed by atoms with Crippen molar-refractivity contribution < 1.29 is 9.84 Å². The Morgan fingerprint density at radius 1 is 1.22 bits per heavy atom. The van der Waals surface area contributed by atoms with Gasteiger partial charge < -0.3 is 9.84 Å². The molecule has 0 atom stereocenters. The number of hydrogen-bond acceptors (Lipinski definition) is 2. The zero-order valence-corrected chi connectivity index (χ0v) is 6.10. The van der Waals surface area contributed by atoms with Gasteiger partial charge in [0.2, 0.25) is 0 Å². The Labute approximate surface area is 56.8 Å². The van der Waals surface area contributed by atoms with Gasteiger partial charge in [-0.2, -0.15) is 0 Å². The summed E-state index contributed by atoms with van der Waals surface area (Å²) in [7, 11) is 0. The Bertz CT molecular complexity index is 40.2. The highest BCUT2D eigenvalue weighted by molar-refractivity contribution is 4.33. The lowest BCUT2D eigenvalue weighted by molar-refractivity contribution is 0.114. The van der Waals surface area contributed by atoms with E-state index in [1.54, 1.807) is 0 Å². The Balaban J connectivity index is 2.60. The number of aliphatic hydroxyl groups is 1. The summed E-state index contributed by atoms with van der Waals surface area (Å²) in [6, 6.07) is 0. The van der Waals surface area contributed by atoms with E-state index in [-0.39, 0.29) is 6.61 Å². The maximum atomic E-state index is 8.34. The lowest BCUT2D eigenvalue weighted by Gasteiger charge is -1.99. The summed E-state index contributed by atoms with van der Waals surface area (Å²) in [5, 5.41) is 8.34. The van der Waals surface area contributed by atoms with E-state index in [0.29, 0.717) is 6.61 Å². The smallest absolute Gasteiger partial charge is 0.0487 e. The van der Waals surface area contributed by atoms with Gasteiger partial charge in [-0.3, -0.25) is 0 Å². The molecule has 9 heavy (non-hydrogen) atoms. The molecule has 0 saturated carbocycles. The maximum Gasteiger partial charge on any atom is 0.0487 e. The largest absolute Gasteiger partial charge is 0.396 e. The van der Waals surface area contributed by atoms with Crippen LogP contribution >= 0.6 is 0 Å². The predicted molar refractivity (Wildman–Crippen MR) is 37.4 cm³/mol. The average Bonchev–Trinajstić information content (AvgIpc) is 1.89. The molecule has 1 N–H and O–H groups in total. The molecule has 2 heteroatoms. The molecule has 0 bridgehead atoms. The molecule has 0 aliphatic rings. The van der Waals surface area contributed by atoms with E-state index in [1.165, 1.54) is 6.42 Å². The van der Waals surface area contributed by atoms with Crippen LogP contribution in [0.15, 0.2) is 0 Å². The maximum absolute atomic E-state index is 8.34. The number of rotatable bonds is 6. The first kappa shape index (κ1) is 8.92. The molecule has 0 fully saturated rings. The van der Waals surface area contributed by atoms with Crippen molar-refractivity contribution in [1.82, 2.24) is 0 Å². The molecule has 0 amide bonds. The highest BCUT2D eigenvalue weighted by atomic mass is 16.5. The van der Waals surface area contributed by atoms with Crippen molar-refractivity contribution in [3.8, 4) is 0 Å². The number of aliphatic hydroxyl groups excluding tert-OH is 1. The quantitative estimate of drug-likeness (QED) is 0.550. The van der Waals surface area contributed by atoms with Crippen LogP contribution in [0.4, 0.5) is 0 Å². The Morgan fingerprint density at radius 2 is 1.89 bits per heavy atom. The van der Waals surface area contributed by atoms with Crippen molar-refractivity contribution in [1.29, 1.82) is 0 Å². The number of unbranched alkanes of at least 4 members (excludes halogenated alkanes) is 1. The SMILES string of the molecule is CCCCOCCCO. The van der Waals surface area contributed by atoms with E-state index in [1.807, 2.05) is 0 Å². The van der Waals surface area contributed by atoms with Crippen LogP contribution in [0.2, 0.25) is 0 Å². The molecule has 0 aromatic carbocycles. The Kier molecular flexibility index (Phi) is 7.85. The van der Waals surface area contributed by atoms with Gasteiger partial charge in [-0.25, -0.2) is 0 Å². The first-order chi connectivity index (χ1) is 4.41. The molecular weight excluding hydrogens is 116 g/mol. The second kappa shape index (κ2) is 7.92. The third kappa shape index (κ3) is 7.92. The van der Waals surface area contributed by atoms with Gasteiger partial charge in [0.15, 0.2) is 0 Å². The fourth-order valence-corrected chi connectivity index (χ4v) is 0.515. The first-order valence-electron chi connectivity index (χ1n) is 3.60. The number of hydrogen-bond donors (Lipinski definition) is 1. The molecule has 0 heterocycles. The second-order valence-corrected chi connectivity index (χ2v) is 2.04. The Hall–Kier alpha value is -0.0800. The van der Waals surface area contributed by atoms with Gasteiger partial charge in [0.05, 0.1) is 0 Å². The van der Waals surface area contributed by atoms with Crippen LogP contribution in [-0.2, 0) is 4.74 Å². The topological polar surface area (TPSA) is 29.5 Å². The van der Waals surface area contributed by atoms with Crippen LogP contribution in [0.1, 0.15) is 26.2 Å². The van der Waals surface area contributed by atoms with Gasteiger partial charge in [-0.15, -0.1) is 0 Å². The molecule has 0 aromatic rings. The third-order valence-corrected chi connectivity index (χ3v) is 1.09. The minimum Gasteiger partial charge on any atom is -0.396 e. The van der Waals surface area contributed by atoms with Crippen LogP contribution in [-0.4, -0.2) is 24.9 Å². The van der Waals surface area contributed by atoms with E-state index >= 15 is 0 Å². The van der Waals surface area contributed by atoms with Gasteiger partial charge in [-0.1, -0.05) is 13.3 Å². The molecular formula is C7H16O2. The highest BCUT2D eigenvalue weighted by Crippen LogP contribution is 1.88. The molecule has 2 nitrogen and oxygen atoms in total. The highest BCUT2D eigenvalue weighted by Gasteiger charge is 1.85. The van der Waals surface area contributed by atoms with Gasteiger partial charge in [0.1, 0.15) is 0 Å². The summed E-state index contributed by atoms with van der Waals surface area (Å²) in [5.74, 6) is 0. The molecule has 0 radical (unpaired) electrons. The van der Waals surface area contributed by atoms with Crippen molar-refractivity contribution in [3.63, 3.8) is 0 Å². The van der Waals surface area contributed by atoms with Crippen LogP contribution in [0, 0.1) is 0 Å². The molecule has 0 aliphatic carbocycles. The van der Waals surface area contributed by atoms with Crippen LogP contribution in [0.25, 0.3) is 0 Å². The predicted octanol–water partition coefficient (Wildman–Crippen LogP) is 1.19.